The predicted octanol–water partition coefficient (Wildman–Crippen LogP) is 5.96. The van der Waals surface area contributed by atoms with Crippen molar-refractivity contribution in [2.45, 2.75) is 25.1 Å². The van der Waals surface area contributed by atoms with E-state index in [1.165, 1.54) is 12.3 Å². The zero-order chi connectivity index (χ0) is 22.2. The van der Waals surface area contributed by atoms with Crippen LogP contribution in [0.4, 0.5) is 18.9 Å². The number of alkyl halides is 3. The van der Waals surface area contributed by atoms with E-state index in [2.05, 4.69) is 15.2 Å². The molecule has 3 aromatic rings. The van der Waals surface area contributed by atoms with Crippen LogP contribution in [0.25, 0.3) is 10.9 Å². The molecule has 4 rings (SSSR count). The first-order valence-electron chi connectivity index (χ1n) is 9.70. The highest BCUT2D eigenvalue weighted by Crippen LogP contribution is 2.34. The second kappa shape index (κ2) is 8.55. The van der Waals surface area contributed by atoms with Crippen molar-refractivity contribution in [1.82, 2.24) is 10.3 Å². The molecule has 0 unspecified atom stereocenters. The maximum absolute atomic E-state index is 13.0. The van der Waals surface area contributed by atoms with Gasteiger partial charge in [0.05, 0.1) is 26.7 Å². The highest BCUT2D eigenvalue weighted by atomic mass is 35.5. The van der Waals surface area contributed by atoms with Gasteiger partial charge in [-0.3, -0.25) is 9.78 Å². The molecule has 1 saturated heterocycles. The van der Waals surface area contributed by atoms with Gasteiger partial charge in [-0.1, -0.05) is 35.3 Å². The Labute approximate surface area is 187 Å². The van der Waals surface area contributed by atoms with Crippen LogP contribution in [0.5, 0.6) is 0 Å². The summed E-state index contributed by atoms with van der Waals surface area (Å²) in [6.45, 7) is 1.29. The highest BCUT2D eigenvalue weighted by molar-refractivity contribution is 6.43. The molecule has 1 amide bonds. The molecule has 0 radical (unpaired) electrons. The summed E-state index contributed by atoms with van der Waals surface area (Å²) in [6.07, 6.45) is -1.51. The normalized spacial score (nSPS) is 15.3. The summed E-state index contributed by atoms with van der Waals surface area (Å²) in [6, 6.07) is 10.3. The van der Waals surface area contributed by atoms with E-state index >= 15 is 0 Å². The molecule has 4 nitrogen and oxygen atoms in total. The number of aromatic nitrogens is 1. The second-order valence-corrected chi connectivity index (χ2v) is 8.18. The Hall–Kier alpha value is -2.51. The van der Waals surface area contributed by atoms with Crippen LogP contribution < -0.4 is 10.2 Å². The smallest absolute Gasteiger partial charge is 0.371 e. The first-order valence-corrected chi connectivity index (χ1v) is 10.5. The molecule has 1 aliphatic rings. The van der Waals surface area contributed by atoms with Crippen LogP contribution in [-0.2, 0) is 6.18 Å². The molecule has 1 N–H and O–H groups in total. The lowest BCUT2D eigenvalue weighted by Gasteiger charge is -2.34. The molecule has 162 valence electrons. The Morgan fingerprint density at radius 3 is 2.55 bits per heavy atom. The van der Waals surface area contributed by atoms with Gasteiger partial charge in [0.25, 0.3) is 5.91 Å². The van der Waals surface area contributed by atoms with E-state index in [1.54, 1.807) is 24.3 Å². The monoisotopic (exact) mass is 467 g/mol. The Kier molecular flexibility index (Phi) is 5.99. The van der Waals surface area contributed by atoms with Crippen LogP contribution in [0.15, 0.2) is 48.7 Å². The van der Waals surface area contributed by atoms with Crippen molar-refractivity contribution in [2.75, 3.05) is 18.0 Å². The number of halogens is 5. The van der Waals surface area contributed by atoms with Crippen molar-refractivity contribution < 1.29 is 18.0 Å². The highest BCUT2D eigenvalue weighted by Gasteiger charge is 2.31. The average molecular weight is 468 g/mol. The molecule has 2 heterocycles. The summed E-state index contributed by atoms with van der Waals surface area (Å²) < 4.78 is 39.0. The number of hydrogen-bond acceptors (Lipinski definition) is 3. The summed E-state index contributed by atoms with van der Waals surface area (Å²) in [5.74, 6) is -0.278. The molecule has 0 saturated carbocycles. The number of benzene rings is 2. The van der Waals surface area contributed by atoms with Gasteiger partial charge in [0, 0.05) is 36.4 Å². The molecule has 0 spiro atoms. The second-order valence-electron chi connectivity index (χ2n) is 7.40. The lowest BCUT2D eigenvalue weighted by molar-refractivity contribution is -0.137. The maximum Gasteiger partial charge on any atom is 0.416 e. The first kappa shape index (κ1) is 21.7. The van der Waals surface area contributed by atoms with Gasteiger partial charge in [-0.2, -0.15) is 13.2 Å². The Balaban J connectivity index is 1.46. The van der Waals surface area contributed by atoms with Gasteiger partial charge in [-0.05, 0) is 43.2 Å². The number of piperidine rings is 1. The fourth-order valence-electron chi connectivity index (χ4n) is 3.79. The van der Waals surface area contributed by atoms with Gasteiger partial charge in [-0.25, -0.2) is 0 Å². The summed E-state index contributed by atoms with van der Waals surface area (Å²) in [7, 11) is 0. The standard InChI is InChI=1S/C22H18Cl2F3N3O/c23-17-3-1-2-16(20(17)24)21(31)29-14-7-10-30(11-8-14)19-6-9-28-18-12-13(22(25,26)27)4-5-15(18)19/h1-6,9,12,14H,7-8,10-11H2,(H,29,31). The maximum atomic E-state index is 13.0. The minimum atomic E-state index is -4.41. The fourth-order valence-corrected chi connectivity index (χ4v) is 4.18. The number of carbonyl (C=O) groups excluding carboxylic acids is 1. The van der Waals surface area contributed by atoms with E-state index in [0.29, 0.717) is 47.4 Å². The van der Waals surface area contributed by atoms with Crippen molar-refractivity contribution in [3.63, 3.8) is 0 Å². The molecule has 0 atom stereocenters. The molecule has 2 aromatic carbocycles. The molecule has 9 heteroatoms. The average Bonchev–Trinajstić information content (AvgIpc) is 2.74. The first-order chi connectivity index (χ1) is 14.7. The molecular weight excluding hydrogens is 450 g/mol. The quantitative estimate of drug-likeness (QED) is 0.516. The van der Waals surface area contributed by atoms with Gasteiger partial charge in [0.1, 0.15) is 0 Å². The summed E-state index contributed by atoms with van der Waals surface area (Å²) >= 11 is 12.1. The number of pyridine rings is 1. The minimum absolute atomic E-state index is 0.0382. The third-order valence-corrected chi connectivity index (χ3v) is 6.23. The van der Waals surface area contributed by atoms with Gasteiger partial charge < -0.3 is 10.2 Å². The van der Waals surface area contributed by atoms with Gasteiger partial charge in [0.2, 0.25) is 0 Å². The number of nitrogens with zero attached hydrogens (tertiary/aromatic N) is 2. The number of carbonyl (C=O) groups is 1. The van der Waals surface area contributed by atoms with Crippen LogP contribution in [0.3, 0.4) is 0 Å². The van der Waals surface area contributed by atoms with E-state index in [-0.39, 0.29) is 17.0 Å². The molecule has 1 aliphatic heterocycles. The zero-order valence-electron chi connectivity index (χ0n) is 16.2. The van der Waals surface area contributed by atoms with Crippen LogP contribution in [0.2, 0.25) is 10.0 Å². The number of anilines is 1. The molecule has 0 aliphatic carbocycles. The van der Waals surface area contributed by atoms with Gasteiger partial charge in [0.15, 0.2) is 0 Å². The molecule has 1 fully saturated rings. The van der Waals surface area contributed by atoms with Crippen LogP contribution in [0, 0.1) is 0 Å². The fraction of sp³-hybridized carbons (Fsp3) is 0.273. The summed E-state index contributed by atoms with van der Waals surface area (Å²) in [5.41, 5.74) is 0.752. The van der Waals surface area contributed by atoms with E-state index in [0.717, 1.165) is 17.8 Å². The molecule has 0 bridgehead atoms. The molecule has 1 aromatic heterocycles. The number of hydrogen-bond donors (Lipinski definition) is 1. The summed E-state index contributed by atoms with van der Waals surface area (Å²) in [5, 5.41) is 4.20. The van der Waals surface area contributed by atoms with Crippen molar-refractivity contribution in [3.8, 4) is 0 Å². The molecule has 31 heavy (non-hydrogen) atoms. The van der Waals surface area contributed by atoms with Crippen molar-refractivity contribution in [1.29, 1.82) is 0 Å². The van der Waals surface area contributed by atoms with E-state index in [9.17, 15) is 18.0 Å². The number of nitrogens with one attached hydrogen (secondary N) is 1. The topological polar surface area (TPSA) is 45.2 Å². The zero-order valence-corrected chi connectivity index (χ0v) is 17.7. The Bertz CT molecular complexity index is 1130. The number of amides is 1. The molecular formula is C22H18Cl2F3N3O. The van der Waals surface area contributed by atoms with Crippen molar-refractivity contribution in [3.05, 3.63) is 69.8 Å². The van der Waals surface area contributed by atoms with Crippen LogP contribution in [-0.4, -0.2) is 30.0 Å². The van der Waals surface area contributed by atoms with Gasteiger partial charge in [-0.15, -0.1) is 0 Å². The van der Waals surface area contributed by atoms with E-state index in [4.69, 9.17) is 23.2 Å². The predicted molar refractivity (Wildman–Crippen MR) is 116 cm³/mol. The largest absolute Gasteiger partial charge is 0.416 e. The SMILES string of the molecule is O=C(NC1CCN(c2ccnc3cc(C(F)(F)F)ccc23)CC1)c1cccc(Cl)c1Cl. The number of fused-ring (bicyclic) bond motifs is 1. The lowest BCUT2D eigenvalue weighted by Crippen LogP contribution is -2.44. The summed E-state index contributed by atoms with van der Waals surface area (Å²) in [4.78, 5) is 18.8. The van der Waals surface area contributed by atoms with Crippen LogP contribution in [0.1, 0.15) is 28.8 Å². The third kappa shape index (κ3) is 4.57. The number of rotatable bonds is 3. The minimum Gasteiger partial charge on any atom is -0.371 e. The van der Waals surface area contributed by atoms with Gasteiger partial charge >= 0.3 is 6.18 Å². The van der Waals surface area contributed by atoms with E-state index in [1.807, 2.05) is 0 Å². The van der Waals surface area contributed by atoms with Crippen molar-refractivity contribution in [2.24, 2.45) is 0 Å². The van der Waals surface area contributed by atoms with Crippen LogP contribution >= 0.6 is 23.2 Å². The lowest BCUT2D eigenvalue weighted by atomic mass is 10.0. The third-order valence-electron chi connectivity index (χ3n) is 5.41. The Morgan fingerprint density at radius 1 is 1.10 bits per heavy atom. The Morgan fingerprint density at radius 2 is 1.84 bits per heavy atom. The van der Waals surface area contributed by atoms with E-state index < -0.39 is 11.7 Å². The van der Waals surface area contributed by atoms with Crippen molar-refractivity contribution >= 4 is 45.7 Å².